The Labute approximate surface area is 161 Å². The van der Waals surface area contributed by atoms with E-state index in [2.05, 4.69) is 22.9 Å². The summed E-state index contributed by atoms with van der Waals surface area (Å²) >= 11 is 0. The van der Waals surface area contributed by atoms with Gasteiger partial charge in [-0.05, 0) is 37.7 Å². The van der Waals surface area contributed by atoms with E-state index in [0.717, 1.165) is 43.2 Å². The zero-order chi connectivity index (χ0) is 19.2. The van der Waals surface area contributed by atoms with E-state index in [0.29, 0.717) is 6.54 Å². The fourth-order valence-electron chi connectivity index (χ4n) is 3.62. The van der Waals surface area contributed by atoms with Crippen molar-refractivity contribution in [1.29, 1.82) is 0 Å². The highest BCUT2D eigenvalue weighted by molar-refractivity contribution is 5.79. The first-order valence-electron chi connectivity index (χ1n) is 9.33. The minimum Gasteiger partial charge on any atom is -0.495 e. The van der Waals surface area contributed by atoms with Crippen molar-refractivity contribution in [1.82, 2.24) is 14.8 Å². The van der Waals surface area contributed by atoms with Crippen LogP contribution in [0, 0.1) is 0 Å². The second-order valence-corrected chi connectivity index (χ2v) is 7.09. The smallest absolute Gasteiger partial charge is 0.237 e. The third kappa shape index (κ3) is 4.77. The molecule has 1 aliphatic rings. The number of likely N-dealkylation sites (N-methyl/N-ethyl adjacent to an activating group) is 1. The van der Waals surface area contributed by atoms with Crippen LogP contribution in [0.1, 0.15) is 12.5 Å². The molecule has 1 aromatic carbocycles. The lowest BCUT2D eigenvalue weighted by atomic mass is 10.1. The molecule has 0 bridgehead atoms. The van der Waals surface area contributed by atoms with E-state index >= 15 is 0 Å². The standard InChI is InChI=1S/C21H28N4O2/c1-17-14-24(19-8-4-5-9-20(19)27-3)11-12-25(17)21(26)16-23(2)15-18-7-6-10-22-13-18/h4-10,13,17H,11-12,14-16H2,1-3H3/t17-/m0/s1. The van der Waals surface area contributed by atoms with Crippen LogP contribution in [0.5, 0.6) is 5.75 Å². The summed E-state index contributed by atoms with van der Waals surface area (Å²) in [6, 6.07) is 12.2. The van der Waals surface area contributed by atoms with Gasteiger partial charge in [-0.15, -0.1) is 0 Å². The monoisotopic (exact) mass is 368 g/mol. The lowest BCUT2D eigenvalue weighted by molar-refractivity contribution is -0.134. The average Bonchev–Trinajstić information content (AvgIpc) is 2.68. The molecule has 2 aromatic rings. The zero-order valence-electron chi connectivity index (χ0n) is 16.3. The van der Waals surface area contributed by atoms with Crippen LogP contribution in [0.25, 0.3) is 0 Å². The number of rotatable bonds is 6. The van der Waals surface area contributed by atoms with Gasteiger partial charge in [0.15, 0.2) is 0 Å². The average molecular weight is 368 g/mol. The summed E-state index contributed by atoms with van der Waals surface area (Å²) in [4.78, 5) is 23.3. The van der Waals surface area contributed by atoms with Crippen LogP contribution >= 0.6 is 0 Å². The zero-order valence-corrected chi connectivity index (χ0v) is 16.3. The summed E-state index contributed by atoms with van der Waals surface area (Å²) in [7, 11) is 3.67. The van der Waals surface area contributed by atoms with E-state index in [1.165, 1.54) is 0 Å². The van der Waals surface area contributed by atoms with Gasteiger partial charge in [-0.1, -0.05) is 18.2 Å². The van der Waals surface area contributed by atoms with Crippen molar-refractivity contribution in [2.24, 2.45) is 0 Å². The number of hydrogen-bond donors (Lipinski definition) is 0. The van der Waals surface area contributed by atoms with Crippen molar-refractivity contribution < 1.29 is 9.53 Å². The van der Waals surface area contributed by atoms with Crippen molar-refractivity contribution in [3.63, 3.8) is 0 Å². The molecule has 2 heterocycles. The van der Waals surface area contributed by atoms with Gasteiger partial charge in [0.25, 0.3) is 0 Å². The SMILES string of the molecule is COc1ccccc1N1CCN(C(=O)CN(C)Cc2cccnc2)[C@@H](C)C1. The topological polar surface area (TPSA) is 48.9 Å². The maximum absolute atomic E-state index is 12.8. The van der Waals surface area contributed by atoms with E-state index in [1.807, 2.05) is 53.4 Å². The third-order valence-electron chi connectivity index (χ3n) is 4.95. The fourth-order valence-corrected chi connectivity index (χ4v) is 3.62. The Bertz CT molecular complexity index is 753. The number of hydrogen-bond acceptors (Lipinski definition) is 5. The molecule has 1 aliphatic heterocycles. The van der Waals surface area contributed by atoms with Crippen molar-refractivity contribution in [3.05, 3.63) is 54.4 Å². The van der Waals surface area contributed by atoms with Crippen LogP contribution in [0.15, 0.2) is 48.8 Å². The number of amides is 1. The maximum atomic E-state index is 12.8. The quantitative estimate of drug-likeness (QED) is 0.783. The number of aromatic nitrogens is 1. The normalized spacial score (nSPS) is 17.3. The summed E-state index contributed by atoms with van der Waals surface area (Å²) in [5.74, 6) is 1.05. The van der Waals surface area contributed by atoms with Crippen LogP contribution in [0.2, 0.25) is 0 Å². The van der Waals surface area contributed by atoms with E-state index in [4.69, 9.17) is 4.74 Å². The first-order chi connectivity index (χ1) is 13.1. The van der Waals surface area contributed by atoms with Crippen molar-refractivity contribution in [2.75, 3.05) is 45.2 Å². The Kier molecular flexibility index (Phi) is 6.29. The number of pyridine rings is 1. The van der Waals surface area contributed by atoms with Crippen LogP contribution < -0.4 is 9.64 Å². The van der Waals surface area contributed by atoms with Crippen LogP contribution in [0.3, 0.4) is 0 Å². The summed E-state index contributed by atoms with van der Waals surface area (Å²) in [5, 5.41) is 0. The molecule has 144 valence electrons. The molecule has 27 heavy (non-hydrogen) atoms. The highest BCUT2D eigenvalue weighted by atomic mass is 16.5. The highest BCUT2D eigenvalue weighted by Gasteiger charge is 2.28. The van der Waals surface area contributed by atoms with Crippen LogP contribution in [-0.4, -0.2) is 67.1 Å². The maximum Gasteiger partial charge on any atom is 0.237 e. The molecule has 6 nitrogen and oxygen atoms in total. The largest absolute Gasteiger partial charge is 0.495 e. The molecule has 0 radical (unpaired) electrons. The number of nitrogens with zero attached hydrogens (tertiary/aromatic N) is 4. The van der Waals surface area contributed by atoms with E-state index in [9.17, 15) is 4.79 Å². The first-order valence-corrected chi connectivity index (χ1v) is 9.33. The van der Waals surface area contributed by atoms with Crippen LogP contribution in [-0.2, 0) is 11.3 Å². The highest BCUT2D eigenvalue weighted by Crippen LogP contribution is 2.29. The predicted molar refractivity (Wildman–Crippen MR) is 107 cm³/mol. The van der Waals surface area contributed by atoms with Crippen molar-refractivity contribution in [3.8, 4) is 5.75 Å². The number of carbonyl (C=O) groups is 1. The summed E-state index contributed by atoms with van der Waals surface area (Å²) in [6.07, 6.45) is 3.60. The minimum absolute atomic E-state index is 0.156. The van der Waals surface area contributed by atoms with E-state index in [-0.39, 0.29) is 11.9 Å². The molecule has 0 unspecified atom stereocenters. The molecule has 0 aliphatic carbocycles. The van der Waals surface area contributed by atoms with Gasteiger partial charge in [-0.3, -0.25) is 14.7 Å². The number of methoxy groups -OCH3 is 1. The summed E-state index contributed by atoms with van der Waals surface area (Å²) < 4.78 is 5.48. The Morgan fingerprint density at radius 1 is 1.26 bits per heavy atom. The lowest BCUT2D eigenvalue weighted by Crippen LogP contribution is -2.55. The molecule has 0 spiro atoms. The van der Waals surface area contributed by atoms with E-state index < -0.39 is 0 Å². The van der Waals surface area contributed by atoms with Gasteiger partial charge in [-0.25, -0.2) is 0 Å². The Hall–Kier alpha value is -2.60. The predicted octanol–water partition coefficient (Wildman–Crippen LogP) is 2.26. The molecule has 1 aromatic heterocycles. The van der Waals surface area contributed by atoms with Gasteiger partial charge in [0.1, 0.15) is 5.75 Å². The molecule has 1 fully saturated rings. The molecule has 1 atom stereocenters. The molecular formula is C21H28N4O2. The van der Waals surface area contributed by atoms with Gasteiger partial charge >= 0.3 is 0 Å². The Morgan fingerprint density at radius 2 is 2.07 bits per heavy atom. The Balaban J connectivity index is 1.56. The van der Waals surface area contributed by atoms with Gasteiger partial charge in [-0.2, -0.15) is 0 Å². The molecule has 3 rings (SSSR count). The molecule has 1 saturated heterocycles. The molecule has 1 amide bonds. The van der Waals surface area contributed by atoms with Crippen LogP contribution in [0.4, 0.5) is 5.69 Å². The van der Waals surface area contributed by atoms with E-state index in [1.54, 1.807) is 13.3 Å². The molecule has 6 heteroatoms. The molecule has 0 N–H and O–H groups in total. The molecule has 0 saturated carbocycles. The lowest BCUT2D eigenvalue weighted by Gasteiger charge is -2.41. The number of para-hydroxylation sites is 2. The number of ether oxygens (including phenoxy) is 1. The number of benzene rings is 1. The first kappa shape index (κ1) is 19.2. The van der Waals surface area contributed by atoms with Gasteiger partial charge in [0, 0.05) is 44.6 Å². The third-order valence-corrected chi connectivity index (χ3v) is 4.95. The van der Waals surface area contributed by atoms with Gasteiger partial charge < -0.3 is 14.5 Å². The summed E-state index contributed by atoms with van der Waals surface area (Å²) in [6.45, 7) is 5.57. The second kappa shape index (κ2) is 8.86. The number of anilines is 1. The van der Waals surface area contributed by atoms with Gasteiger partial charge in [0.05, 0.1) is 19.3 Å². The van der Waals surface area contributed by atoms with Gasteiger partial charge in [0.2, 0.25) is 5.91 Å². The number of carbonyl (C=O) groups excluding carboxylic acids is 1. The summed E-state index contributed by atoms with van der Waals surface area (Å²) in [5.41, 5.74) is 2.20. The fraction of sp³-hybridized carbons (Fsp3) is 0.429. The molecular weight excluding hydrogens is 340 g/mol. The Morgan fingerprint density at radius 3 is 2.78 bits per heavy atom. The number of piperazine rings is 1. The van der Waals surface area contributed by atoms with Crippen molar-refractivity contribution >= 4 is 11.6 Å². The second-order valence-electron chi connectivity index (χ2n) is 7.09. The van der Waals surface area contributed by atoms with Crippen molar-refractivity contribution in [2.45, 2.75) is 19.5 Å². The minimum atomic E-state index is 0.156.